The summed E-state index contributed by atoms with van der Waals surface area (Å²) in [7, 11) is -3.99. The molecular formula is C14H29AgO3S. The maximum absolute atomic E-state index is 10.4. The van der Waals surface area contributed by atoms with E-state index in [1.807, 2.05) is 0 Å². The average Bonchev–Trinajstić information content (AvgIpc) is 2.29. The Morgan fingerprint density at radius 1 is 0.684 bits per heavy atom. The molecule has 19 heavy (non-hydrogen) atoms. The molecule has 0 spiro atoms. The van der Waals surface area contributed by atoms with E-state index in [1.54, 1.807) is 0 Å². The Bertz CT molecular complexity index is 266. The zero-order valence-electron chi connectivity index (χ0n) is 12.1. The fourth-order valence-corrected chi connectivity index (χ4v) is 2.68. The molecule has 3 nitrogen and oxygen atoms in total. The van der Waals surface area contributed by atoms with Crippen LogP contribution in [0.1, 0.15) is 84.0 Å². The number of rotatable bonds is 13. The predicted molar refractivity (Wildman–Crippen MR) is 75.6 cm³/mol. The van der Waals surface area contributed by atoms with Crippen LogP contribution in [0.5, 0.6) is 0 Å². The molecule has 0 aromatic heterocycles. The average molecular weight is 385 g/mol. The van der Waals surface area contributed by atoms with E-state index in [4.69, 9.17) is 0 Å². The SMILES string of the molecule is CCCCCCCCCCCCCCS(=O)(=O)[O-].[Ag+]. The molecule has 0 bridgehead atoms. The van der Waals surface area contributed by atoms with E-state index in [0.717, 1.165) is 12.8 Å². The molecule has 0 rings (SSSR count). The van der Waals surface area contributed by atoms with Crippen molar-refractivity contribution in [3.63, 3.8) is 0 Å². The zero-order chi connectivity index (χ0) is 13.7. The maximum Gasteiger partial charge on any atom is 1.00 e. The van der Waals surface area contributed by atoms with Crippen molar-refractivity contribution in [3.8, 4) is 0 Å². The van der Waals surface area contributed by atoms with Crippen molar-refractivity contribution in [3.05, 3.63) is 0 Å². The van der Waals surface area contributed by atoms with Gasteiger partial charge in [-0.15, -0.1) is 0 Å². The number of hydrogen-bond acceptors (Lipinski definition) is 3. The summed E-state index contributed by atoms with van der Waals surface area (Å²) in [5, 5.41) is 0. The van der Waals surface area contributed by atoms with Gasteiger partial charge in [-0.25, -0.2) is 8.42 Å². The molecule has 0 aliphatic rings. The van der Waals surface area contributed by atoms with E-state index in [2.05, 4.69) is 6.92 Å². The number of hydrogen-bond donors (Lipinski definition) is 0. The molecule has 0 N–H and O–H groups in total. The van der Waals surface area contributed by atoms with Crippen molar-refractivity contribution < 1.29 is 35.4 Å². The standard InChI is InChI=1S/C14H30O3S.Ag/c1-2-3-4-5-6-7-8-9-10-11-12-13-14-18(15,16)17;/h2-14H2,1H3,(H,15,16,17);/q;+1/p-1. The van der Waals surface area contributed by atoms with Crippen LogP contribution < -0.4 is 0 Å². The van der Waals surface area contributed by atoms with Crippen molar-refractivity contribution in [2.45, 2.75) is 84.0 Å². The van der Waals surface area contributed by atoms with Crippen LogP contribution >= 0.6 is 0 Å². The van der Waals surface area contributed by atoms with Gasteiger partial charge in [-0.3, -0.25) is 0 Å². The third kappa shape index (κ3) is 21.1. The third-order valence-electron chi connectivity index (χ3n) is 3.25. The van der Waals surface area contributed by atoms with Gasteiger partial charge in [0, 0.05) is 5.75 Å². The molecule has 0 unspecified atom stereocenters. The predicted octanol–water partition coefficient (Wildman–Crippen LogP) is 4.23. The quantitative estimate of drug-likeness (QED) is 0.271. The molecule has 0 saturated carbocycles. The van der Waals surface area contributed by atoms with Crippen molar-refractivity contribution in [2.24, 2.45) is 0 Å². The van der Waals surface area contributed by atoms with E-state index in [1.165, 1.54) is 57.8 Å². The maximum atomic E-state index is 10.4. The van der Waals surface area contributed by atoms with Crippen molar-refractivity contribution >= 4 is 10.1 Å². The Kier molecular flexibility index (Phi) is 17.4. The van der Waals surface area contributed by atoms with E-state index in [9.17, 15) is 13.0 Å². The summed E-state index contributed by atoms with van der Waals surface area (Å²) >= 11 is 0. The van der Waals surface area contributed by atoms with Crippen LogP contribution in [0.15, 0.2) is 0 Å². The van der Waals surface area contributed by atoms with Crippen molar-refractivity contribution in [1.82, 2.24) is 0 Å². The van der Waals surface area contributed by atoms with E-state index in [-0.39, 0.29) is 28.1 Å². The Morgan fingerprint density at radius 3 is 1.32 bits per heavy atom. The normalized spacial score (nSPS) is 11.3. The molecule has 120 valence electrons. The molecule has 5 heteroatoms. The molecule has 0 aliphatic heterocycles. The summed E-state index contributed by atoms with van der Waals surface area (Å²) < 4.78 is 31.1. The van der Waals surface area contributed by atoms with Crippen LogP contribution in [0.4, 0.5) is 0 Å². The second kappa shape index (κ2) is 15.0. The van der Waals surface area contributed by atoms with Crippen LogP contribution in [-0.2, 0) is 32.5 Å². The molecule has 0 aromatic carbocycles. The van der Waals surface area contributed by atoms with Gasteiger partial charge in [-0.2, -0.15) is 0 Å². The minimum absolute atomic E-state index is 0. The second-order valence-corrected chi connectivity index (χ2v) is 6.67. The van der Waals surface area contributed by atoms with Gasteiger partial charge in [0.25, 0.3) is 0 Å². The molecule has 0 aliphatic carbocycles. The second-order valence-electron chi connectivity index (χ2n) is 5.15. The van der Waals surface area contributed by atoms with Crippen LogP contribution in [0.25, 0.3) is 0 Å². The van der Waals surface area contributed by atoms with Crippen molar-refractivity contribution in [1.29, 1.82) is 0 Å². The summed E-state index contributed by atoms with van der Waals surface area (Å²) in [5.41, 5.74) is 0. The molecule has 0 fully saturated rings. The number of unbranched alkanes of at least 4 members (excludes halogenated alkanes) is 11. The Labute approximate surface area is 135 Å². The van der Waals surface area contributed by atoms with Gasteiger partial charge in [0.15, 0.2) is 0 Å². The first kappa shape index (κ1) is 21.9. The van der Waals surface area contributed by atoms with Gasteiger partial charge >= 0.3 is 22.4 Å². The summed E-state index contributed by atoms with van der Waals surface area (Å²) in [6.07, 6.45) is 14.3. The van der Waals surface area contributed by atoms with Gasteiger partial charge in [-0.1, -0.05) is 77.6 Å². The topological polar surface area (TPSA) is 57.2 Å². The monoisotopic (exact) mass is 384 g/mol. The smallest absolute Gasteiger partial charge is 0.748 e. The molecule has 0 atom stereocenters. The first-order valence-corrected chi connectivity index (χ1v) is 9.07. The van der Waals surface area contributed by atoms with Crippen LogP contribution in [0.2, 0.25) is 0 Å². The molecule has 0 amide bonds. The molecule has 0 radical (unpaired) electrons. The molecular weight excluding hydrogens is 356 g/mol. The molecule has 0 aromatic rings. The summed E-state index contributed by atoms with van der Waals surface area (Å²) in [5.74, 6) is -0.190. The van der Waals surface area contributed by atoms with Crippen LogP contribution in [0, 0.1) is 0 Å². The Hall–Kier alpha value is 0.650. The van der Waals surface area contributed by atoms with E-state index >= 15 is 0 Å². The minimum atomic E-state index is -3.99. The first-order chi connectivity index (χ1) is 8.56. The fraction of sp³-hybridized carbons (Fsp3) is 1.00. The van der Waals surface area contributed by atoms with Gasteiger partial charge in [-0.05, 0) is 6.42 Å². The van der Waals surface area contributed by atoms with Gasteiger partial charge in [0.05, 0.1) is 10.1 Å². The summed E-state index contributed by atoms with van der Waals surface area (Å²) in [4.78, 5) is 0. The first-order valence-electron chi connectivity index (χ1n) is 7.50. The van der Waals surface area contributed by atoms with Gasteiger partial charge < -0.3 is 4.55 Å². The Morgan fingerprint density at radius 2 is 1.00 bits per heavy atom. The van der Waals surface area contributed by atoms with E-state index in [0.29, 0.717) is 6.42 Å². The van der Waals surface area contributed by atoms with Crippen molar-refractivity contribution in [2.75, 3.05) is 5.75 Å². The minimum Gasteiger partial charge on any atom is -0.748 e. The third-order valence-corrected chi connectivity index (χ3v) is 4.04. The van der Waals surface area contributed by atoms with Gasteiger partial charge in [0.1, 0.15) is 0 Å². The van der Waals surface area contributed by atoms with E-state index < -0.39 is 10.1 Å². The summed E-state index contributed by atoms with van der Waals surface area (Å²) in [6.45, 7) is 2.23. The largest absolute Gasteiger partial charge is 1.00 e. The summed E-state index contributed by atoms with van der Waals surface area (Å²) in [6, 6.07) is 0. The molecule has 0 saturated heterocycles. The zero-order valence-corrected chi connectivity index (χ0v) is 14.4. The molecule has 0 heterocycles. The Balaban J connectivity index is 0. The van der Waals surface area contributed by atoms with Gasteiger partial charge in [0.2, 0.25) is 0 Å². The fourth-order valence-electron chi connectivity index (χ4n) is 2.12. The van der Waals surface area contributed by atoms with Crippen LogP contribution in [0.3, 0.4) is 0 Å². The van der Waals surface area contributed by atoms with Crippen LogP contribution in [-0.4, -0.2) is 18.7 Å².